The van der Waals surface area contributed by atoms with Crippen LogP contribution in [0.4, 0.5) is 0 Å². The Labute approximate surface area is 194 Å². The average Bonchev–Trinajstić information content (AvgIpc) is 2.79. The Balaban J connectivity index is 2.18. The summed E-state index contributed by atoms with van der Waals surface area (Å²) in [5.74, 6) is -0.00447. The summed E-state index contributed by atoms with van der Waals surface area (Å²) < 4.78 is 10.7. The Kier molecular flexibility index (Phi) is 17.0. The summed E-state index contributed by atoms with van der Waals surface area (Å²) in [6.45, 7) is 3.03. The number of carbonyl (C=O) groups excluding carboxylic acids is 2. The SMILES string of the molecule is CCCCCCCCOC(=O)c1cccc(C(=O)OCCCCCCCCCCCl)c1. The van der Waals surface area contributed by atoms with Crippen LogP contribution in [0, 0.1) is 0 Å². The number of halogens is 1. The van der Waals surface area contributed by atoms with Gasteiger partial charge in [-0.15, -0.1) is 11.6 Å². The number of hydrogen-bond acceptors (Lipinski definition) is 4. The summed E-state index contributed by atoms with van der Waals surface area (Å²) in [5.41, 5.74) is 0.794. The zero-order chi connectivity index (χ0) is 22.6. The Hall–Kier alpha value is -1.55. The van der Waals surface area contributed by atoms with E-state index in [1.54, 1.807) is 24.3 Å². The third-order valence-electron chi connectivity index (χ3n) is 5.33. The zero-order valence-electron chi connectivity index (χ0n) is 19.3. The fourth-order valence-corrected chi connectivity index (χ4v) is 3.60. The number of alkyl halides is 1. The normalized spacial score (nSPS) is 10.8. The number of hydrogen-bond donors (Lipinski definition) is 0. The molecule has 0 aromatic heterocycles. The van der Waals surface area contributed by atoms with Crippen LogP contribution < -0.4 is 0 Å². The van der Waals surface area contributed by atoms with Crippen molar-refractivity contribution in [2.24, 2.45) is 0 Å². The summed E-state index contributed by atoms with van der Waals surface area (Å²) in [6.07, 6.45) is 16.0. The van der Waals surface area contributed by atoms with Gasteiger partial charge in [-0.25, -0.2) is 9.59 Å². The molecule has 0 saturated carbocycles. The molecule has 31 heavy (non-hydrogen) atoms. The van der Waals surface area contributed by atoms with Crippen molar-refractivity contribution in [3.8, 4) is 0 Å². The third kappa shape index (κ3) is 14.2. The molecule has 0 heterocycles. The molecule has 5 heteroatoms. The highest BCUT2D eigenvalue weighted by Crippen LogP contribution is 2.12. The number of esters is 2. The fourth-order valence-electron chi connectivity index (χ4n) is 3.41. The molecule has 4 nitrogen and oxygen atoms in total. The fraction of sp³-hybridized carbons (Fsp3) is 0.692. The Morgan fingerprint density at radius 1 is 0.677 bits per heavy atom. The summed E-state index contributed by atoms with van der Waals surface area (Å²) in [4.78, 5) is 24.5. The molecule has 0 bridgehead atoms. The highest BCUT2D eigenvalue weighted by atomic mass is 35.5. The lowest BCUT2D eigenvalue weighted by Gasteiger charge is -2.08. The lowest BCUT2D eigenvalue weighted by atomic mass is 10.1. The van der Waals surface area contributed by atoms with Crippen LogP contribution in [0.5, 0.6) is 0 Å². The van der Waals surface area contributed by atoms with Crippen molar-refractivity contribution in [1.29, 1.82) is 0 Å². The van der Waals surface area contributed by atoms with E-state index in [0.29, 0.717) is 24.3 Å². The van der Waals surface area contributed by atoms with Crippen LogP contribution in [0.3, 0.4) is 0 Å². The molecule has 0 fully saturated rings. The van der Waals surface area contributed by atoms with E-state index in [-0.39, 0.29) is 11.9 Å². The van der Waals surface area contributed by atoms with E-state index < -0.39 is 0 Å². The molecular formula is C26H41ClO4. The number of carbonyl (C=O) groups is 2. The predicted octanol–water partition coefficient (Wildman–Crippen LogP) is 7.72. The van der Waals surface area contributed by atoms with Crippen molar-refractivity contribution in [2.75, 3.05) is 19.1 Å². The van der Waals surface area contributed by atoms with E-state index in [0.717, 1.165) is 38.0 Å². The van der Waals surface area contributed by atoms with Gasteiger partial charge in [0.15, 0.2) is 0 Å². The van der Waals surface area contributed by atoms with E-state index >= 15 is 0 Å². The lowest BCUT2D eigenvalue weighted by molar-refractivity contribution is 0.0496. The van der Waals surface area contributed by atoms with Gasteiger partial charge in [0.25, 0.3) is 0 Å². The quantitative estimate of drug-likeness (QED) is 0.122. The molecule has 1 aromatic rings. The van der Waals surface area contributed by atoms with Crippen molar-refractivity contribution in [2.45, 2.75) is 96.8 Å². The molecular weight excluding hydrogens is 412 g/mol. The standard InChI is InChI=1S/C26H41ClO4/c1-2-3-4-5-11-14-20-30-25(28)23-17-16-18-24(22-23)26(29)31-21-15-12-9-7-6-8-10-13-19-27/h16-18,22H,2-15,19-21H2,1H3. The number of unbranched alkanes of at least 4 members (excludes halogenated alkanes) is 12. The molecule has 1 aromatic carbocycles. The van der Waals surface area contributed by atoms with Gasteiger partial charge in [0.05, 0.1) is 24.3 Å². The van der Waals surface area contributed by atoms with Crippen LogP contribution in [-0.4, -0.2) is 31.0 Å². The van der Waals surface area contributed by atoms with Gasteiger partial charge in [0, 0.05) is 5.88 Å². The largest absolute Gasteiger partial charge is 0.462 e. The van der Waals surface area contributed by atoms with E-state index in [1.807, 2.05) is 0 Å². The maximum absolute atomic E-state index is 12.3. The first-order valence-corrected chi connectivity index (χ1v) is 12.7. The summed E-state index contributed by atoms with van der Waals surface area (Å²) >= 11 is 5.67. The van der Waals surface area contributed by atoms with Gasteiger partial charge in [0.1, 0.15) is 0 Å². The van der Waals surface area contributed by atoms with Gasteiger partial charge >= 0.3 is 11.9 Å². The van der Waals surface area contributed by atoms with Gasteiger partial charge in [-0.3, -0.25) is 0 Å². The minimum Gasteiger partial charge on any atom is -0.462 e. The maximum Gasteiger partial charge on any atom is 0.338 e. The molecule has 0 aliphatic carbocycles. The van der Waals surface area contributed by atoms with Gasteiger partial charge < -0.3 is 9.47 Å². The minimum absolute atomic E-state index is 0.380. The van der Waals surface area contributed by atoms with Crippen molar-refractivity contribution in [3.05, 3.63) is 35.4 Å². The average molecular weight is 453 g/mol. The van der Waals surface area contributed by atoms with Gasteiger partial charge in [-0.1, -0.05) is 83.6 Å². The monoisotopic (exact) mass is 452 g/mol. The van der Waals surface area contributed by atoms with Crippen LogP contribution in [-0.2, 0) is 9.47 Å². The van der Waals surface area contributed by atoms with Crippen LogP contribution in [0.1, 0.15) is 118 Å². The smallest absolute Gasteiger partial charge is 0.338 e. The van der Waals surface area contributed by atoms with Gasteiger partial charge in [-0.05, 0) is 37.5 Å². The molecule has 0 spiro atoms. The van der Waals surface area contributed by atoms with Crippen LogP contribution in [0.2, 0.25) is 0 Å². The van der Waals surface area contributed by atoms with E-state index in [9.17, 15) is 9.59 Å². The Morgan fingerprint density at radius 3 is 1.55 bits per heavy atom. The molecule has 0 N–H and O–H groups in total. The van der Waals surface area contributed by atoms with E-state index in [2.05, 4.69) is 6.92 Å². The van der Waals surface area contributed by atoms with E-state index in [4.69, 9.17) is 21.1 Å². The summed E-state index contributed by atoms with van der Waals surface area (Å²) in [7, 11) is 0. The van der Waals surface area contributed by atoms with Crippen LogP contribution in [0.15, 0.2) is 24.3 Å². The number of ether oxygens (including phenoxy) is 2. The number of benzene rings is 1. The second-order valence-electron chi connectivity index (χ2n) is 8.14. The summed E-state index contributed by atoms with van der Waals surface area (Å²) in [6, 6.07) is 6.61. The molecule has 1 rings (SSSR count). The zero-order valence-corrected chi connectivity index (χ0v) is 20.1. The van der Waals surface area contributed by atoms with Crippen LogP contribution in [0.25, 0.3) is 0 Å². The Bertz CT molecular complexity index is 603. The predicted molar refractivity (Wildman–Crippen MR) is 128 cm³/mol. The van der Waals surface area contributed by atoms with E-state index in [1.165, 1.54) is 57.8 Å². The molecule has 0 atom stereocenters. The molecule has 0 unspecified atom stereocenters. The van der Waals surface area contributed by atoms with Crippen molar-refractivity contribution in [3.63, 3.8) is 0 Å². The Morgan fingerprint density at radius 2 is 1.10 bits per heavy atom. The van der Waals surface area contributed by atoms with Crippen LogP contribution >= 0.6 is 11.6 Å². The third-order valence-corrected chi connectivity index (χ3v) is 5.59. The summed E-state index contributed by atoms with van der Waals surface area (Å²) in [5, 5.41) is 0. The minimum atomic E-state index is -0.383. The highest BCUT2D eigenvalue weighted by Gasteiger charge is 2.12. The second kappa shape index (κ2) is 19.2. The van der Waals surface area contributed by atoms with Gasteiger partial charge in [0.2, 0.25) is 0 Å². The van der Waals surface area contributed by atoms with Gasteiger partial charge in [-0.2, -0.15) is 0 Å². The second-order valence-corrected chi connectivity index (χ2v) is 8.52. The molecule has 0 amide bonds. The van der Waals surface area contributed by atoms with Crippen molar-refractivity contribution < 1.29 is 19.1 Å². The molecule has 0 aliphatic heterocycles. The topological polar surface area (TPSA) is 52.6 Å². The first kappa shape index (κ1) is 27.5. The molecule has 176 valence electrons. The molecule has 0 aliphatic rings. The number of rotatable bonds is 19. The molecule has 0 radical (unpaired) electrons. The maximum atomic E-state index is 12.3. The first-order chi connectivity index (χ1) is 15.2. The van der Waals surface area contributed by atoms with Crippen molar-refractivity contribution in [1.82, 2.24) is 0 Å². The van der Waals surface area contributed by atoms with Crippen molar-refractivity contribution >= 4 is 23.5 Å². The first-order valence-electron chi connectivity index (χ1n) is 12.2. The highest BCUT2D eigenvalue weighted by molar-refractivity contribution is 6.17. The molecule has 0 saturated heterocycles. The lowest BCUT2D eigenvalue weighted by Crippen LogP contribution is -2.10.